The van der Waals surface area contributed by atoms with Crippen LogP contribution in [0.5, 0.6) is 0 Å². The highest BCUT2D eigenvalue weighted by atomic mass is 79.9. The second kappa shape index (κ2) is 4.88. The second-order valence-electron chi connectivity index (χ2n) is 4.88. The van der Waals surface area contributed by atoms with Gasteiger partial charge in [-0.1, -0.05) is 28.1 Å². The van der Waals surface area contributed by atoms with Crippen molar-refractivity contribution in [3.8, 4) is 0 Å². The first-order chi connectivity index (χ1) is 8.74. The Morgan fingerprint density at radius 1 is 1.11 bits per heavy atom. The summed E-state index contributed by atoms with van der Waals surface area (Å²) < 4.78 is 7.11. The van der Waals surface area contributed by atoms with Crippen molar-refractivity contribution in [1.82, 2.24) is 0 Å². The van der Waals surface area contributed by atoms with Gasteiger partial charge in [-0.05, 0) is 37.0 Å². The summed E-state index contributed by atoms with van der Waals surface area (Å²) in [5.41, 5.74) is 2.15. The summed E-state index contributed by atoms with van der Waals surface area (Å²) >= 11 is 3.44. The number of allylic oxidation sites excluding steroid dienone is 2. The third-order valence-electron chi connectivity index (χ3n) is 3.66. The molecule has 1 aromatic carbocycles. The van der Waals surface area contributed by atoms with Crippen molar-refractivity contribution in [2.24, 2.45) is 0 Å². The lowest BCUT2D eigenvalue weighted by atomic mass is 9.88. The van der Waals surface area contributed by atoms with Crippen LogP contribution in [0.3, 0.4) is 0 Å². The summed E-state index contributed by atoms with van der Waals surface area (Å²) in [7, 11) is 0. The quantitative estimate of drug-likeness (QED) is 0.773. The lowest BCUT2D eigenvalue weighted by molar-refractivity contribution is -0.117. The summed E-state index contributed by atoms with van der Waals surface area (Å²) in [6.45, 7) is 0. The number of Topliss-reactive ketones (excluding diaryl/α,β-unsaturated/α-hetero) is 1. The number of hydrogen-bond donors (Lipinski definition) is 0. The average Bonchev–Trinajstić information content (AvgIpc) is 2.39. The van der Waals surface area contributed by atoms with E-state index in [9.17, 15) is 4.79 Å². The smallest absolute Gasteiger partial charge is 0.162 e. The van der Waals surface area contributed by atoms with Gasteiger partial charge in [0.1, 0.15) is 11.9 Å². The van der Waals surface area contributed by atoms with Crippen LogP contribution in [0.25, 0.3) is 0 Å². The van der Waals surface area contributed by atoms with Crippen LogP contribution >= 0.6 is 15.9 Å². The van der Waals surface area contributed by atoms with Gasteiger partial charge in [0.25, 0.3) is 0 Å². The Labute approximate surface area is 115 Å². The molecular formula is C15H15BrO2. The van der Waals surface area contributed by atoms with Gasteiger partial charge in [0.15, 0.2) is 5.78 Å². The van der Waals surface area contributed by atoms with Crippen LogP contribution < -0.4 is 0 Å². The fourth-order valence-corrected chi connectivity index (χ4v) is 2.96. The molecule has 1 heterocycles. The van der Waals surface area contributed by atoms with E-state index in [0.29, 0.717) is 12.2 Å². The van der Waals surface area contributed by atoms with Crippen molar-refractivity contribution in [3.63, 3.8) is 0 Å². The Balaban J connectivity index is 1.82. The Morgan fingerprint density at radius 2 is 1.89 bits per heavy atom. The molecule has 0 bridgehead atoms. The summed E-state index contributed by atoms with van der Waals surface area (Å²) in [4.78, 5) is 11.8. The highest BCUT2D eigenvalue weighted by Gasteiger charge is 2.29. The van der Waals surface area contributed by atoms with E-state index < -0.39 is 0 Å². The molecule has 1 aromatic rings. The van der Waals surface area contributed by atoms with E-state index >= 15 is 0 Å². The largest absolute Gasteiger partial charge is 0.490 e. The van der Waals surface area contributed by atoms with Crippen LogP contribution in [0.4, 0.5) is 0 Å². The van der Waals surface area contributed by atoms with Crippen molar-refractivity contribution >= 4 is 21.7 Å². The molecule has 1 aliphatic heterocycles. The molecule has 0 aromatic heterocycles. The molecule has 0 saturated heterocycles. The van der Waals surface area contributed by atoms with E-state index in [4.69, 9.17) is 4.74 Å². The molecule has 1 unspecified atom stereocenters. The van der Waals surface area contributed by atoms with Crippen molar-refractivity contribution in [2.75, 3.05) is 0 Å². The van der Waals surface area contributed by atoms with Crippen molar-refractivity contribution in [3.05, 3.63) is 45.6 Å². The maximum Gasteiger partial charge on any atom is 0.162 e. The normalized spacial score (nSPS) is 23.6. The molecule has 2 aliphatic rings. The number of rotatable bonds is 1. The molecule has 94 valence electrons. The lowest BCUT2D eigenvalue weighted by Gasteiger charge is -2.30. The number of ether oxygens (including phenoxy) is 1. The number of hydrogen-bond acceptors (Lipinski definition) is 2. The van der Waals surface area contributed by atoms with Crippen molar-refractivity contribution < 1.29 is 9.53 Å². The first kappa shape index (κ1) is 12.0. The number of carbonyl (C=O) groups is 1. The zero-order valence-corrected chi connectivity index (χ0v) is 11.7. The number of benzene rings is 1. The average molecular weight is 307 g/mol. The Morgan fingerprint density at radius 3 is 2.67 bits per heavy atom. The van der Waals surface area contributed by atoms with E-state index in [2.05, 4.69) is 28.1 Å². The maximum atomic E-state index is 11.8. The molecular weight excluding hydrogens is 292 g/mol. The van der Waals surface area contributed by atoms with E-state index in [1.54, 1.807) is 0 Å². The standard InChI is InChI=1S/C15H15BrO2/c16-11-6-4-10(5-7-11)14-9-8-12-13(17)2-1-3-15(12)18-14/h4-7,14H,1-3,8-9H2. The molecule has 2 nitrogen and oxygen atoms in total. The van der Waals surface area contributed by atoms with Crippen LogP contribution in [0, 0.1) is 0 Å². The van der Waals surface area contributed by atoms with Gasteiger partial charge < -0.3 is 4.74 Å². The number of halogens is 1. The van der Waals surface area contributed by atoms with E-state index in [1.165, 1.54) is 5.56 Å². The number of carbonyl (C=O) groups excluding carboxylic acids is 1. The maximum absolute atomic E-state index is 11.8. The second-order valence-corrected chi connectivity index (χ2v) is 5.79. The molecule has 0 fully saturated rings. The van der Waals surface area contributed by atoms with Gasteiger partial charge in [0, 0.05) is 22.9 Å². The monoisotopic (exact) mass is 306 g/mol. The lowest BCUT2D eigenvalue weighted by Crippen LogP contribution is -2.20. The fourth-order valence-electron chi connectivity index (χ4n) is 2.69. The Kier molecular flexibility index (Phi) is 3.25. The van der Waals surface area contributed by atoms with Gasteiger partial charge in [0.2, 0.25) is 0 Å². The van der Waals surface area contributed by atoms with Crippen LogP contribution in [0.15, 0.2) is 40.1 Å². The van der Waals surface area contributed by atoms with E-state index in [-0.39, 0.29) is 6.10 Å². The molecule has 0 amide bonds. The zero-order valence-electron chi connectivity index (χ0n) is 10.1. The van der Waals surface area contributed by atoms with Gasteiger partial charge in [-0.2, -0.15) is 0 Å². The first-order valence-electron chi connectivity index (χ1n) is 6.41. The van der Waals surface area contributed by atoms with Crippen molar-refractivity contribution in [1.29, 1.82) is 0 Å². The molecule has 0 spiro atoms. The Bertz CT molecular complexity index is 502. The van der Waals surface area contributed by atoms with Crippen molar-refractivity contribution in [2.45, 2.75) is 38.2 Å². The van der Waals surface area contributed by atoms with Gasteiger partial charge in [-0.3, -0.25) is 4.79 Å². The minimum Gasteiger partial charge on any atom is -0.490 e. The van der Waals surface area contributed by atoms with Gasteiger partial charge in [-0.15, -0.1) is 0 Å². The molecule has 0 saturated carbocycles. The summed E-state index contributed by atoms with van der Waals surface area (Å²) in [5, 5.41) is 0. The summed E-state index contributed by atoms with van der Waals surface area (Å²) in [6, 6.07) is 8.25. The molecule has 3 heteroatoms. The first-order valence-corrected chi connectivity index (χ1v) is 7.20. The molecule has 0 radical (unpaired) electrons. The molecule has 1 aliphatic carbocycles. The third kappa shape index (κ3) is 2.24. The summed E-state index contributed by atoms with van der Waals surface area (Å²) in [5.74, 6) is 1.25. The SMILES string of the molecule is O=C1CCCC2=C1CCC(c1ccc(Br)cc1)O2. The van der Waals surface area contributed by atoms with E-state index in [1.807, 2.05) is 12.1 Å². The minimum atomic E-state index is 0.114. The molecule has 3 rings (SSSR count). The number of ketones is 1. The highest BCUT2D eigenvalue weighted by Crippen LogP contribution is 2.38. The molecule has 0 N–H and O–H groups in total. The van der Waals surface area contributed by atoms with Crippen LogP contribution in [0.2, 0.25) is 0 Å². The molecule has 1 atom stereocenters. The van der Waals surface area contributed by atoms with Crippen LogP contribution in [-0.2, 0) is 9.53 Å². The van der Waals surface area contributed by atoms with E-state index in [0.717, 1.165) is 41.5 Å². The minimum absolute atomic E-state index is 0.114. The van der Waals surface area contributed by atoms with Crippen LogP contribution in [-0.4, -0.2) is 5.78 Å². The predicted octanol–water partition coefficient (Wildman–Crippen LogP) is 4.31. The zero-order chi connectivity index (χ0) is 12.5. The summed E-state index contributed by atoms with van der Waals surface area (Å²) in [6.07, 6.45) is 4.45. The Hall–Kier alpha value is -1.09. The van der Waals surface area contributed by atoms with Gasteiger partial charge in [-0.25, -0.2) is 0 Å². The van der Waals surface area contributed by atoms with Gasteiger partial charge in [0.05, 0.1) is 0 Å². The fraction of sp³-hybridized carbons (Fsp3) is 0.400. The van der Waals surface area contributed by atoms with Crippen LogP contribution in [0.1, 0.15) is 43.8 Å². The predicted molar refractivity (Wildman–Crippen MR) is 73.1 cm³/mol. The topological polar surface area (TPSA) is 26.3 Å². The molecule has 18 heavy (non-hydrogen) atoms. The highest BCUT2D eigenvalue weighted by molar-refractivity contribution is 9.10. The van der Waals surface area contributed by atoms with Gasteiger partial charge >= 0.3 is 0 Å². The third-order valence-corrected chi connectivity index (χ3v) is 4.19.